The molecule has 2 aromatic carbocycles. The van der Waals surface area contributed by atoms with E-state index in [9.17, 15) is 4.79 Å². The van der Waals surface area contributed by atoms with E-state index in [1.807, 2.05) is 17.0 Å². The zero-order valence-electron chi connectivity index (χ0n) is 15.6. The van der Waals surface area contributed by atoms with Gasteiger partial charge in [0.05, 0.1) is 0 Å². The Morgan fingerprint density at radius 3 is 2.31 bits per heavy atom. The Hall–Kier alpha value is -2.17. The fourth-order valence-corrected chi connectivity index (χ4v) is 3.48. The highest BCUT2D eigenvalue weighted by atomic mass is 16.2. The number of nitrogens with one attached hydrogen (secondary N) is 1. The molecule has 3 rings (SSSR count). The van der Waals surface area contributed by atoms with E-state index in [1.54, 1.807) is 0 Å². The molecule has 1 fully saturated rings. The minimum absolute atomic E-state index is 0.268. The van der Waals surface area contributed by atoms with Crippen LogP contribution in [0.2, 0.25) is 0 Å². The summed E-state index contributed by atoms with van der Waals surface area (Å²) in [5.41, 5.74) is 2.57. The van der Waals surface area contributed by atoms with Gasteiger partial charge in [0.1, 0.15) is 0 Å². The summed E-state index contributed by atoms with van der Waals surface area (Å²) in [5, 5.41) is 3.30. The Kier molecular flexibility index (Phi) is 6.81. The number of rotatable bonds is 7. The number of hydrogen-bond acceptors (Lipinski definition) is 3. The molecule has 1 N–H and O–H groups in total. The maximum Gasteiger partial charge on any atom is 0.223 e. The second-order valence-corrected chi connectivity index (χ2v) is 6.92. The third kappa shape index (κ3) is 5.16. The van der Waals surface area contributed by atoms with Gasteiger partial charge in [0, 0.05) is 51.7 Å². The van der Waals surface area contributed by atoms with Crippen molar-refractivity contribution in [1.82, 2.24) is 15.1 Å². The van der Waals surface area contributed by atoms with Gasteiger partial charge in [-0.15, -0.1) is 0 Å². The quantitative estimate of drug-likeness (QED) is 0.833. The third-order valence-corrected chi connectivity index (χ3v) is 5.14. The van der Waals surface area contributed by atoms with Crippen molar-refractivity contribution in [2.75, 3.05) is 32.7 Å². The van der Waals surface area contributed by atoms with Gasteiger partial charge in [-0.2, -0.15) is 0 Å². The summed E-state index contributed by atoms with van der Waals surface area (Å²) in [6, 6.07) is 21.3. The normalized spacial score (nSPS) is 15.8. The highest BCUT2D eigenvalue weighted by Crippen LogP contribution is 2.22. The van der Waals surface area contributed by atoms with Crippen molar-refractivity contribution >= 4 is 5.91 Å². The average molecular weight is 351 g/mol. The largest absolute Gasteiger partial charge is 0.340 e. The molecule has 0 radical (unpaired) electrons. The van der Waals surface area contributed by atoms with E-state index in [0.717, 1.165) is 39.3 Å². The maximum atomic E-state index is 12.6. The van der Waals surface area contributed by atoms with Gasteiger partial charge in [-0.05, 0) is 18.1 Å². The Bertz CT molecular complexity index is 668. The monoisotopic (exact) mass is 351 g/mol. The van der Waals surface area contributed by atoms with Crippen LogP contribution in [-0.4, -0.2) is 48.4 Å². The first-order valence-corrected chi connectivity index (χ1v) is 9.55. The van der Waals surface area contributed by atoms with Gasteiger partial charge in [0.25, 0.3) is 0 Å². The van der Waals surface area contributed by atoms with E-state index in [1.165, 1.54) is 11.1 Å². The summed E-state index contributed by atoms with van der Waals surface area (Å²) in [7, 11) is 0. The molecule has 1 aliphatic heterocycles. The molecule has 0 aromatic heterocycles. The van der Waals surface area contributed by atoms with Gasteiger partial charge in [-0.3, -0.25) is 9.69 Å². The lowest BCUT2D eigenvalue weighted by molar-refractivity contribution is -0.132. The van der Waals surface area contributed by atoms with Crippen LogP contribution in [0.15, 0.2) is 60.7 Å². The lowest BCUT2D eigenvalue weighted by atomic mass is 10.1. The lowest BCUT2D eigenvalue weighted by Gasteiger charge is -2.32. The van der Waals surface area contributed by atoms with Crippen LogP contribution in [0.5, 0.6) is 0 Å². The summed E-state index contributed by atoms with van der Waals surface area (Å²) < 4.78 is 0. The zero-order valence-corrected chi connectivity index (χ0v) is 15.6. The molecule has 138 valence electrons. The van der Waals surface area contributed by atoms with Crippen molar-refractivity contribution in [1.29, 1.82) is 0 Å². The van der Waals surface area contributed by atoms with E-state index >= 15 is 0 Å². The third-order valence-electron chi connectivity index (χ3n) is 5.14. The van der Waals surface area contributed by atoms with Crippen LogP contribution in [0, 0.1) is 0 Å². The van der Waals surface area contributed by atoms with E-state index in [2.05, 4.69) is 65.7 Å². The van der Waals surface area contributed by atoms with Crippen molar-refractivity contribution in [2.24, 2.45) is 0 Å². The Labute approximate surface area is 156 Å². The molecule has 0 spiro atoms. The number of nitrogens with zero attached hydrogens (tertiary/aromatic N) is 2. The smallest absolute Gasteiger partial charge is 0.223 e. The van der Waals surface area contributed by atoms with Crippen LogP contribution in [0.1, 0.15) is 30.5 Å². The Morgan fingerprint density at radius 2 is 1.65 bits per heavy atom. The first-order valence-electron chi connectivity index (χ1n) is 9.55. The van der Waals surface area contributed by atoms with E-state index in [0.29, 0.717) is 6.42 Å². The fourth-order valence-electron chi connectivity index (χ4n) is 3.48. The van der Waals surface area contributed by atoms with Crippen molar-refractivity contribution in [3.05, 3.63) is 71.8 Å². The second-order valence-electron chi connectivity index (χ2n) is 6.92. The van der Waals surface area contributed by atoms with Crippen LogP contribution >= 0.6 is 0 Å². The first-order chi connectivity index (χ1) is 12.7. The van der Waals surface area contributed by atoms with Crippen molar-refractivity contribution in [3.63, 3.8) is 0 Å². The van der Waals surface area contributed by atoms with Gasteiger partial charge in [0.2, 0.25) is 5.91 Å². The van der Waals surface area contributed by atoms with Crippen LogP contribution in [0.4, 0.5) is 0 Å². The number of carbonyl (C=O) groups excluding carboxylic acids is 1. The molecule has 1 amide bonds. The Balaban J connectivity index is 1.67. The number of carbonyl (C=O) groups is 1. The molecule has 4 nitrogen and oxygen atoms in total. The summed E-state index contributed by atoms with van der Waals surface area (Å²) in [6.45, 7) is 7.31. The van der Waals surface area contributed by atoms with Gasteiger partial charge < -0.3 is 10.2 Å². The van der Waals surface area contributed by atoms with Crippen molar-refractivity contribution in [2.45, 2.75) is 25.9 Å². The summed E-state index contributed by atoms with van der Waals surface area (Å²) in [6.07, 6.45) is 0.573. The second kappa shape index (κ2) is 9.51. The van der Waals surface area contributed by atoms with E-state index in [-0.39, 0.29) is 11.9 Å². The molecule has 4 heteroatoms. The fraction of sp³-hybridized carbons (Fsp3) is 0.409. The molecule has 0 aliphatic carbocycles. The van der Waals surface area contributed by atoms with Crippen molar-refractivity contribution < 1.29 is 4.79 Å². The van der Waals surface area contributed by atoms with Gasteiger partial charge >= 0.3 is 0 Å². The summed E-state index contributed by atoms with van der Waals surface area (Å²) in [5.74, 6) is 0.268. The predicted octanol–water partition coefficient (Wildman–Crippen LogP) is 3.07. The SMILES string of the molecule is CC(c1ccccc1)N(CCC(=O)N1CCNCC1)Cc1ccccc1. The summed E-state index contributed by atoms with van der Waals surface area (Å²) in [4.78, 5) is 17.0. The topological polar surface area (TPSA) is 35.6 Å². The van der Waals surface area contributed by atoms with Crippen molar-refractivity contribution in [3.8, 4) is 0 Å². The number of hydrogen-bond donors (Lipinski definition) is 1. The van der Waals surface area contributed by atoms with Crippen LogP contribution in [0.25, 0.3) is 0 Å². The lowest BCUT2D eigenvalue weighted by Crippen LogP contribution is -2.47. The standard InChI is InChI=1S/C22H29N3O/c1-19(21-10-6-3-7-11-21)25(18-20-8-4-2-5-9-20)15-12-22(26)24-16-13-23-14-17-24/h2-11,19,23H,12-18H2,1H3. The maximum absolute atomic E-state index is 12.6. The van der Waals surface area contributed by atoms with E-state index < -0.39 is 0 Å². The van der Waals surface area contributed by atoms with E-state index in [4.69, 9.17) is 0 Å². The molecule has 26 heavy (non-hydrogen) atoms. The molecular formula is C22H29N3O. The summed E-state index contributed by atoms with van der Waals surface area (Å²) >= 11 is 0. The minimum atomic E-state index is 0.268. The van der Waals surface area contributed by atoms with Crippen LogP contribution in [0.3, 0.4) is 0 Å². The molecular weight excluding hydrogens is 322 g/mol. The molecule has 1 unspecified atom stereocenters. The molecule has 2 aromatic rings. The van der Waals surface area contributed by atoms with Gasteiger partial charge in [-0.1, -0.05) is 60.7 Å². The predicted molar refractivity (Wildman–Crippen MR) is 106 cm³/mol. The zero-order chi connectivity index (χ0) is 18.2. The number of benzene rings is 2. The van der Waals surface area contributed by atoms with Crippen LogP contribution in [-0.2, 0) is 11.3 Å². The first kappa shape index (κ1) is 18.6. The molecule has 1 saturated heterocycles. The van der Waals surface area contributed by atoms with Gasteiger partial charge in [-0.25, -0.2) is 0 Å². The minimum Gasteiger partial charge on any atom is -0.340 e. The molecule has 1 aliphatic rings. The number of piperazine rings is 1. The highest BCUT2D eigenvalue weighted by molar-refractivity contribution is 5.76. The molecule has 0 bridgehead atoms. The Morgan fingerprint density at radius 1 is 1.04 bits per heavy atom. The number of amides is 1. The van der Waals surface area contributed by atoms with Gasteiger partial charge in [0.15, 0.2) is 0 Å². The van der Waals surface area contributed by atoms with Crippen LogP contribution < -0.4 is 5.32 Å². The molecule has 1 atom stereocenters. The molecule has 1 heterocycles. The highest BCUT2D eigenvalue weighted by Gasteiger charge is 2.20. The molecule has 0 saturated carbocycles. The average Bonchev–Trinajstić information content (AvgIpc) is 2.72.